The number of fused-ring (bicyclic) bond motifs is 3. The van der Waals surface area contributed by atoms with Gasteiger partial charge in [0.25, 0.3) is 0 Å². The molecule has 1 N–H and O–H groups in total. The van der Waals surface area contributed by atoms with Crippen molar-refractivity contribution in [3.63, 3.8) is 0 Å². The molecule has 2 atom stereocenters. The number of benzene rings is 2. The molecule has 2 unspecified atom stereocenters. The molecule has 130 valence electrons. The summed E-state index contributed by atoms with van der Waals surface area (Å²) in [5.41, 5.74) is 4.62. The van der Waals surface area contributed by atoms with Crippen LogP contribution >= 0.6 is 11.8 Å². The molecule has 3 heterocycles. The number of anilines is 1. The number of hydrogen-bond acceptors (Lipinski definition) is 3. The van der Waals surface area contributed by atoms with Gasteiger partial charge in [-0.25, -0.2) is 8.78 Å². The van der Waals surface area contributed by atoms with Gasteiger partial charge in [0.2, 0.25) is 0 Å². The smallest absolute Gasteiger partial charge is 0.133 e. The molecule has 0 radical (unpaired) electrons. The van der Waals surface area contributed by atoms with Crippen molar-refractivity contribution in [1.82, 2.24) is 5.32 Å². The second-order valence-corrected chi connectivity index (χ2v) is 8.19. The summed E-state index contributed by atoms with van der Waals surface area (Å²) in [6.45, 7) is 3.06. The van der Waals surface area contributed by atoms with Crippen molar-refractivity contribution >= 4 is 17.4 Å². The van der Waals surface area contributed by atoms with E-state index in [2.05, 4.69) is 10.2 Å². The molecule has 0 bridgehead atoms. The van der Waals surface area contributed by atoms with Crippen molar-refractivity contribution in [2.75, 3.05) is 30.3 Å². The van der Waals surface area contributed by atoms with E-state index in [-0.39, 0.29) is 5.56 Å². The molecular weight excluding hydrogens is 338 g/mol. The van der Waals surface area contributed by atoms with Crippen LogP contribution in [0.4, 0.5) is 14.5 Å². The monoisotopic (exact) mass is 358 g/mol. The second kappa shape index (κ2) is 5.99. The topological polar surface area (TPSA) is 15.3 Å². The first-order chi connectivity index (χ1) is 12.2. The van der Waals surface area contributed by atoms with Crippen LogP contribution < -0.4 is 10.2 Å². The van der Waals surface area contributed by atoms with Crippen molar-refractivity contribution in [1.29, 1.82) is 0 Å². The molecule has 2 aromatic rings. The quantitative estimate of drug-likeness (QED) is 0.825. The largest absolute Gasteiger partial charge is 0.367 e. The van der Waals surface area contributed by atoms with Crippen LogP contribution in [0.2, 0.25) is 0 Å². The van der Waals surface area contributed by atoms with Gasteiger partial charge in [-0.05, 0) is 53.9 Å². The van der Waals surface area contributed by atoms with E-state index in [9.17, 15) is 8.78 Å². The molecule has 0 amide bonds. The van der Waals surface area contributed by atoms with Crippen molar-refractivity contribution in [3.8, 4) is 11.1 Å². The van der Waals surface area contributed by atoms with Crippen LogP contribution in [0.15, 0.2) is 30.3 Å². The Kier molecular flexibility index (Phi) is 3.75. The Bertz CT molecular complexity index is 818. The molecule has 5 rings (SSSR count). The Hall–Kier alpha value is -1.59. The third kappa shape index (κ3) is 2.40. The van der Waals surface area contributed by atoms with Crippen molar-refractivity contribution in [2.24, 2.45) is 0 Å². The van der Waals surface area contributed by atoms with E-state index < -0.39 is 11.6 Å². The minimum atomic E-state index is -0.485. The number of nitrogens with one attached hydrogen (secondary N) is 1. The van der Waals surface area contributed by atoms with Gasteiger partial charge in [0.1, 0.15) is 11.6 Å². The fourth-order valence-corrected chi connectivity index (χ4v) is 5.61. The highest BCUT2D eigenvalue weighted by Gasteiger charge is 2.41. The van der Waals surface area contributed by atoms with E-state index in [4.69, 9.17) is 0 Å². The van der Waals surface area contributed by atoms with Gasteiger partial charge >= 0.3 is 0 Å². The molecule has 1 fully saturated rings. The van der Waals surface area contributed by atoms with Gasteiger partial charge in [0, 0.05) is 42.2 Å². The first-order valence-electron chi connectivity index (χ1n) is 8.90. The van der Waals surface area contributed by atoms with E-state index in [0.717, 1.165) is 37.6 Å². The Balaban J connectivity index is 1.72. The summed E-state index contributed by atoms with van der Waals surface area (Å²) in [5.74, 6) is 1.47. The van der Waals surface area contributed by atoms with Crippen LogP contribution in [-0.2, 0) is 5.75 Å². The lowest BCUT2D eigenvalue weighted by molar-refractivity contribution is 0.406. The summed E-state index contributed by atoms with van der Waals surface area (Å²) in [6, 6.07) is 8.69. The Morgan fingerprint density at radius 1 is 1.16 bits per heavy atom. The summed E-state index contributed by atoms with van der Waals surface area (Å²) >= 11 is 1.91. The summed E-state index contributed by atoms with van der Waals surface area (Å²) in [5, 5.41) is 3.50. The third-order valence-corrected chi connectivity index (χ3v) is 6.72. The third-order valence-electron chi connectivity index (χ3n) is 5.74. The van der Waals surface area contributed by atoms with E-state index in [0.29, 0.717) is 17.5 Å². The zero-order valence-corrected chi connectivity index (χ0v) is 14.7. The molecular formula is C20H20F2N2S. The molecule has 0 spiro atoms. The molecule has 2 nitrogen and oxygen atoms in total. The molecule has 1 saturated heterocycles. The second-order valence-electron chi connectivity index (χ2n) is 7.08. The van der Waals surface area contributed by atoms with Gasteiger partial charge in [0.05, 0.1) is 5.56 Å². The molecule has 3 aliphatic heterocycles. The first-order valence-corrected chi connectivity index (χ1v) is 10.1. The van der Waals surface area contributed by atoms with Gasteiger partial charge < -0.3 is 10.2 Å². The van der Waals surface area contributed by atoms with Crippen LogP contribution in [0.1, 0.15) is 23.5 Å². The standard InChI is InChI=1S/C20H20F2N2S/c21-16-2-1-3-17(22)19(16)12-8-13-11-25-7-6-24-18-4-5-23-10-15(18)14(9-12)20(13)24/h1-3,8-9,15,18,23H,4-7,10-11H2. The van der Waals surface area contributed by atoms with E-state index in [1.54, 1.807) is 0 Å². The highest BCUT2D eigenvalue weighted by molar-refractivity contribution is 7.98. The van der Waals surface area contributed by atoms with Gasteiger partial charge in [-0.1, -0.05) is 6.07 Å². The fourth-order valence-electron chi connectivity index (χ4n) is 4.70. The average Bonchev–Trinajstić information content (AvgIpc) is 2.77. The van der Waals surface area contributed by atoms with Crippen molar-refractivity contribution in [3.05, 3.63) is 53.1 Å². The van der Waals surface area contributed by atoms with Crippen molar-refractivity contribution < 1.29 is 8.78 Å². The van der Waals surface area contributed by atoms with Gasteiger partial charge in [0.15, 0.2) is 0 Å². The lowest BCUT2D eigenvalue weighted by Gasteiger charge is -2.33. The van der Waals surface area contributed by atoms with Crippen LogP contribution in [0, 0.1) is 11.6 Å². The maximum Gasteiger partial charge on any atom is 0.133 e. The fraction of sp³-hybridized carbons (Fsp3) is 0.400. The predicted octanol–water partition coefficient (Wildman–Crippen LogP) is 4.14. The SMILES string of the molecule is Fc1cccc(F)c1-c1cc2c3c(c1)C1CNCCC1N3CCSC2. The van der Waals surface area contributed by atoms with Crippen LogP contribution in [0.3, 0.4) is 0 Å². The highest BCUT2D eigenvalue weighted by Crippen LogP contribution is 2.49. The molecule has 0 saturated carbocycles. The summed E-state index contributed by atoms with van der Waals surface area (Å²) < 4.78 is 28.7. The van der Waals surface area contributed by atoms with E-state index in [1.807, 2.05) is 23.9 Å². The average molecular weight is 358 g/mol. The van der Waals surface area contributed by atoms with Crippen LogP contribution in [0.25, 0.3) is 11.1 Å². The van der Waals surface area contributed by atoms with Gasteiger partial charge in [-0.2, -0.15) is 11.8 Å². The van der Waals surface area contributed by atoms with Gasteiger partial charge in [-0.3, -0.25) is 0 Å². The van der Waals surface area contributed by atoms with Crippen molar-refractivity contribution in [2.45, 2.75) is 24.1 Å². The highest BCUT2D eigenvalue weighted by atomic mass is 32.2. The van der Waals surface area contributed by atoms with Gasteiger partial charge in [-0.15, -0.1) is 0 Å². The summed E-state index contributed by atoms with van der Waals surface area (Å²) in [6.07, 6.45) is 1.13. The number of halogens is 2. The minimum Gasteiger partial charge on any atom is -0.367 e. The normalized spacial score (nSPS) is 24.6. The van der Waals surface area contributed by atoms with E-state index in [1.165, 1.54) is 35.0 Å². The zero-order valence-electron chi connectivity index (χ0n) is 13.9. The molecule has 3 aliphatic rings. The lowest BCUT2D eigenvalue weighted by atomic mass is 9.88. The van der Waals surface area contributed by atoms with Crippen LogP contribution in [-0.4, -0.2) is 31.4 Å². The lowest BCUT2D eigenvalue weighted by Crippen LogP contribution is -2.44. The number of thioether (sulfide) groups is 1. The first kappa shape index (κ1) is 15.6. The number of rotatable bonds is 1. The van der Waals surface area contributed by atoms with E-state index >= 15 is 0 Å². The maximum atomic E-state index is 14.4. The zero-order chi connectivity index (χ0) is 17.0. The molecule has 5 heteroatoms. The maximum absolute atomic E-state index is 14.4. The number of hydrogen-bond donors (Lipinski definition) is 1. The predicted molar refractivity (Wildman–Crippen MR) is 99.3 cm³/mol. The Morgan fingerprint density at radius 2 is 2.00 bits per heavy atom. The molecule has 2 aromatic carbocycles. The Morgan fingerprint density at radius 3 is 2.84 bits per heavy atom. The number of nitrogens with zero attached hydrogens (tertiary/aromatic N) is 1. The minimum absolute atomic E-state index is 0.106. The molecule has 0 aliphatic carbocycles. The van der Waals surface area contributed by atoms with Crippen LogP contribution in [0.5, 0.6) is 0 Å². The summed E-state index contributed by atoms with van der Waals surface area (Å²) in [4.78, 5) is 2.57. The molecule has 0 aromatic heterocycles. The number of piperidine rings is 1. The Labute approximate surface area is 150 Å². The molecule has 25 heavy (non-hydrogen) atoms. The summed E-state index contributed by atoms with van der Waals surface area (Å²) in [7, 11) is 0.